The normalized spacial score (nSPS) is 17.9. The van der Waals surface area contributed by atoms with E-state index in [2.05, 4.69) is 25.2 Å². The van der Waals surface area contributed by atoms with Crippen LogP contribution in [0.4, 0.5) is 0 Å². The number of amides is 1. The molecule has 2 unspecified atom stereocenters. The van der Waals surface area contributed by atoms with E-state index >= 15 is 0 Å². The fourth-order valence-corrected chi connectivity index (χ4v) is 3.63. The summed E-state index contributed by atoms with van der Waals surface area (Å²) < 4.78 is 6.25. The lowest BCUT2D eigenvalue weighted by atomic mass is 10.0. The SMILES string of the molecule is CNCC1CCN(C(=O)C(Oc2cccc(C(C)C)c2)c2ccccc2)C1. The van der Waals surface area contributed by atoms with Crippen molar-refractivity contribution in [3.8, 4) is 5.75 Å². The number of ether oxygens (including phenoxy) is 1. The van der Waals surface area contributed by atoms with Crippen molar-refractivity contribution in [3.05, 3.63) is 65.7 Å². The number of carbonyl (C=O) groups is 1. The minimum Gasteiger partial charge on any atom is -0.476 e. The van der Waals surface area contributed by atoms with Crippen LogP contribution in [0.1, 0.15) is 43.4 Å². The van der Waals surface area contributed by atoms with E-state index < -0.39 is 6.10 Å². The highest BCUT2D eigenvalue weighted by atomic mass is 16.5. The topological polar surface area (TPSA) is 41.6 Å². The van der Waals surface area contributed by atoms with Crippen LogP contribution in [0.25, 0.3) is 0 Å². The first-order valence-corrected chi connectivity index (χ1v) is 9.83. The molecule has 1 heterocycles. The minimum absolute atomic E-state index is 0.0507. The summed E-state index contributed by atoms with van der Waals surface area (Å²) in [6, 6.07) is 17.9. The van der Waals surface area contributed by atoms with Gasteiger partial charge in [0, 0.05) is 18.7 Å². The molecule has 27 heavy (non-hydrogen) atoms. The van der Waals surface area contributed by atoms with Crippen molar-refractivity contribution in [1.82, 2.24) is 10.2 Å². The predicted molar refractivity (Wildman–Crippen MR) is 109 cm³/mol. The molecule has 0 aromatic heterocycles. The van der Waals surface area contributed by atoms with Crippen LogP contribution in [0.2, 0.25) is 0 Å². The molecule has 1 N–H and O–H groups in total. The van der Waals surface area contributed by atoms with E-state index in [1.807, 2.05) is 60.5 Å². The number of nitrogens with zero attached hydrogens (tertiary/aromatic N) is 1. The first-order chi connectivity index (χ1) is 13.1. The number of rotatable bonds is 7. The third kappa shape index (κ3) is 4.89. The number of hydrogen-bond acceptors (Lipinski definition) is 3. The van der Waals surface area contributed by atoms with Gasteiger partial charge < -0.3 is 15.0 Å². The van der Waals surface area contributed by atoms with Crippen molar-refractivity contribution in [2.75, 3.05) is 26.7 Å². The summed E-state index contributed by atoms with van der Waals surface area (Å²) in [7, 11) is 1.96. The number of carbonyl (C=O) groups excluding carboxylic acids is 1. The van der Waals surface area contributed by atoms with Crippen LogP contribution in [0.5, 0.6) is 5.75 Å². The average molecular weight is 367 g/mol. The first-order valence-electron chi connectivity index (χ1n) is 9.83. The van der Waals surface area contributed by atoms with Crippen LogP contribution in [0.15, 0.2) is 54.6 Å². The zero-order chi connectivity index (χ0) is 19.2. The molecule has 4 heteroatoms. The van der Waals surface area contributed by atoms with Crippen molar-refractivity contribution in [1.29, 1.82) is 0 Å². The molecule has 4 nitrogen and oxygen atoms in total. The smallest absolute Gasteiger partial charge is 0.268 e. The van der Waals surface area contributed by atoms with Crippen molar-refractivity contribution >= 4 is 5.91 Å². The highest BCUT2D eigenvalue weighted by molar-refractivity contribution is 5.83. The van der Waals surface area contributed by atoms with Gasteiger partial charge in [-0.05, 0) is 49.5 Å². The summed E-state index contributed by atoms with van der Waals surface area (Å²) >= 11 is 0. The van der Waals surface area contributed by atoms with Gasteiger partial charge in [-0.15, -0.1) is 0 Å². The largest absolute Gasteiger partial charge is 0.476 e. The molecule has 0 saturated carbocycles. The maximum atomic E-state index is 13.3. The van der Waals surface area contributed by atoms with E-state index in [-0.39, 0.29) is 5.91 Å². The number of benzene rings is 2. The van der Waals surface area contributed by atoms with Crippen LogP contribution >= 0.6 is 0 Å². The molecule has 2 aromatic carbocycles. The second-order valence-electron chi connectivity index (χ2n) is 7.63. The van der Waals surface area contributed by atoms with Crippen LogP contribution in [0.3, 0.4) is 0 Å². The lowest BCUT2D eigenvalue weighted by molar-refractivity contribution is -0.138. The molecule has 1 amide bonds. The second kappa shape index (κ2) is 9.05. The van der Waals surface area contributed by atoms with E-state index in [0.717, 1.165) is 37.4 Å². The van der Waals surface area contributed by atoms with Crippen molar-refractivity contribution in [3.63, 3.8) is 0 Å². The molecule has 0 aliphatic carbocycles. The molecule has 0 radical (unpaired) electrons. The summed E-state index contributed by atoms with van der Waals surface area (Å²) in [6.07, 6.45) is 0.429. The predicted octanol–water partition coefficient (Wildman–Crippen LogP) is 4.00. The van der Waals surface area contributed by atoms with Gasteiger partial charge in [-0.3, -0.25) is 4.79 Å². The maximum absolute atomic E-state index is 13.3. The highest BCUT2D eigenvalue weighted by Gasteiger charge is 2.32. The van der Waals surface area contributed by atoms with Crippen LogP contribution in [-0.4, -0.2) is 37.5 Å². The Morgan fingerprint density at radius 3 is 2.59 bits per heavy atom. The van der Waals surface area contributed by atoms with E-state index in [1.165, 1.54) is 5.56 Å². The highest BCUT2D eigenvalue weighted by Crippen LogP contribution is 2.28. The molecule has 1 saturated heterocycles. The Balaban J connectivity index is 1.82. The molecule has 1 fully saturated rings. The van der Waals surface area contributed by atoms with Crippen molar-refractivity contribution in [2.45, 2.75) is 32.3 Å². The van der Waals surface area contributed by atoms with Gasteiger partial charge in [0.15, 0.2) is 0 Å². The number of nitrogens with one attached hydrogen (secondary N) is 1. The fraction of sp³-hybridized carbons (Fsp3) is 0.435. The minimum atomic E-state index is -0.609. The van der Waals surface area contributed by atoms with Gasteiger partial charge in [0.25, 0.3) is 5.91 Å². The molecule has 144 valence electrons. The van der Waals surface area contributed by atoms with Gasteiger partial charge in [-0.2, -0.15) is 0 Å². The standard InChI is InChI=1S/C23H30N2O2/c1-17(2)20-10-7-11-21(14-20)27-22(19-8-5-4-6-9-19)23(26)25-13-12-18(16-25)15-24-3/h4-11,14,17-18,22,24H,12-13,15-16H2,1-3H3. The molecule has 2 atom stereocenters. The maximum Gasteiger partial charge on any atom is 0.268 e. The Kier molecular flexibility index (Phi) is 6.51. The Hall–Kier alpha value is -2.33. The molecule has 0 spiro atoms. The molecule has 2 aromatic rings. The Labute approximate surface area is 162 Å². The van der Waals surface area contributed by atoms with Gasteiger partial charge in [0.2, 0.25) is 6.10 Å². The van der Waals surface area contributed by atoms with E-state index in [0.29, 0.717) is 11.8 Å². The summed E-state index contributed by atoms with van der Waals surface area (Å²) in [5.41, 5.74) is 2.11. The van der Waals surface area contributed by atoms with Crippen LogP contribution < -0.4 is 10.1 Å². The van der Waals surface area contributed by atoms with Gasteiger partial charge >= 0.3 is 0 Å². The summed E-state index contributed by atoms with van der Waals surface area (Å²) in [5, 5.41) is 3.22. The van der Waals surface area contributed by atoms with Gasteiger partial charge in [-0.25, -0.2) is 0 Å². The molecule has 1 aliphatic heterocycles. The van der Waals surface area contributed by atoms with E-state index in [4.69, 9.17) is 4.74 Å². The zero-order valence-corrected chi connectivity index (χ0v) is 16.5. The third-order valence-electron chi connectivity index (χ3n) is 5.20. The Morgan fingerprint density at radius 1 is 1.15 bits per heavy atom. The monoisotopic (exact) mass is 366 g/mol. The Bertz CT molecular complexity index is 745. The van der Waals surface area contributed by atoms with E-state index in [9.17, 15) is 4.79 Å². The quantitative estimate of drug-likeness (QED) is 0.805. The van der Waals surface area contributed by atoms with Crippen LogP contribution in [-0.2, 0) is 4.79 Å². The molecule has 0 bridgehead atoms. The Morgan fingerprint density at radius 2 is 1.89 bits per heavy atom. The lowest BCUT2D eigenvalue weighted by Gasteiger charge is -2.25. The zero-order valence-electron chi connectivity index (χ0n) is 16.5. The number of hydrogen-bond donors (Lipinski definition) is 1. The second-order valence-corrected chi connectivity index (χ2v) is 7.63. The van der Waals surface area contributed by atoms with Gasteiger partial charge in [0.1, 0.15) is 5.75 Å². The average Bonchev–Trinajstić information content (AvgIpc) is 3.15. The lowest BCUT2D eigenvalue weighted by Crippen LogP contribution is -2.36. The summed E-state index contributed by atoms with van der Waals surface area (Å²) in [4.78, 5) is 15.2. The molecular formula is C23H30N2O2. The first kappa shape index (κ1) is 19.4. The van der Waals surface area contributed by atoms with Crippen molar-refractivity contribution in [2.24, 2.45) is 5.92 Å². The van der Waals surface area contributed by atoms with Crippen LogP contribution in [0, 0.1) is 5.92 Å². The van der Waals surface area contributed by atoms with Crippen molar-refractivity contribution < 1.29 is 9.53 Å². The molecule has 3 rings (SSSR count). The van der Waals surface area contributed by atoms with Gasteiger partial charge in [0.05, 0.1) is 0 Å². The summed E-state index contributed by atoms with van der Waals surface area (Å²) in [6.45, 7) is 6.84. The van der Waals surface area contributed by atoms with E-state index in [1.54, 1.807) is 0 Å². The van der Waals surface area contributed by atoms with Gasteiger partial charge in [-0.1, -0.05) is 56.3 Å². The molecule has 1 aliphatic rings. The number of likely N-dealkylation sites (tertiary alicyclic amines) is 1. The third-order valence-corrected chi connectivity index (χ3v) is 5.20. The summed E-state index contributed by atoms with van der Waals surface area (Å²) in [5.74, 6) is 1.73. The molecular weight excluding hydrogens is 336 g/mol. The fourth-order valence-electron chi connectivity index (χ4n) is 3.63.